The molecule has 0 aromatic heterocycles. The molecule has 0 saturated carbocycles. The molecule has 3 nitrogen and oxygen atoms in total. The molecule has 0 aromatic carbocycles. The largest absolute Gasteiger partial charge is 0.411 e. The van der Waals surface area contributed by atoms with Crippen molar-refractivity contribution in [3.8, 4) is 0 Å². The molecule has 0 aromatic rings. The summed E-state index contributed by atoms with van der Waals surface area (Å²) in [6, 6.07) is 0. The second-order valence-corrected chi connectivity index (χ2v) is 4.65. The van der Waals surface area contributed by atoms with E-state index in [0.717, 1.165) is 31.3 Å². The lowest BCUT2D eigenvalue weighted by Gasteiger charge is -2.04. The number of hydrogen-bond acceptors (Lipinski definition) is 3. The minimum Gasteiger partial charge on any atom is -0.411 e. The van der Waals surface area contributed by atoms with E-state index in [1.54, 1.807) is 0 Å². The molecule has 0 amide bonds. The number of hydrogen-bond donors (Lipinski definition) is 2. The zero-order chi connectivity index (χ0) is 14.0. The maximum absolute atomic E-state index is 8.79. The van der Waals surface area contributed by atoms with Crippen molar-refractivity contribution in [3.05, 3.63) is 35.5 Å². The highest BCUT2D eigenvalue weighted by Crippen LogP contribution is 2.12. The third-order valence-electron chi connectivity index (χ3n) is 2.84. The van der Waals surface area contributed by atoms with Gasteiger partial charge >= 0.3 is 0 Å². The van der Waals surface area contributed by atoms with E-state index in [4.69, 9.17) is 10.3 Å². The molecule has 0 bridgehead atoms. The quantitative estimate of drug-likeness (QED) is 0.298. The topological polar surface area (TPSA) is 52.8 Å². The van der Waals surface area contributed by atoms with Gasteiger partial charge in [0, 0.05) is 0 Å². The Labute approximate surface area is 110 Å². The molecule has 2 N–H and O–H groups in total. The molecule has 0 rings (SSSR count). The summed E-state index contributed by atoms with van der Waals surface area (Å²) in [5.74, 6) is 0. The Morgan fingerprint density at radius 2 is 1.67 bits per heavy atom. The minimum atomic E-state index is 0.115. The molecule has 0 radical (unpaired) electrons. The molecular weight excluding hydrogens is 226 g/mol. The number of aliphatic hydroxyl groups is 1. The fourth-order valence-corrected chi connectivity index (χ4v) is 1.57. The Kier molecular flexibility index (Phi) is 8.93. The van der Waals surface area contributed by atoms with Gasteiger partial charge in [-0.25, -0.2) is 0 Å². The van der Waals surface area contributed by atoms with Crippen molar-refractivity contribution < 1.29 is 10.3 Å². The number of oxime groups is 1. The van der Waals surface area contributed by atoms with Gasteiger partial charge in [-0.2, -0.15) is 0 Å². The van der Waals surface area contributed by atoms with Gasteiger partial charge in [0.1, 0.15) is 0 Å². The van der Waals surface area contributed by atoms with Crippen molar-refractivity contribution in [3.63, 3.8) is 0 Å². The predicted molar refractivity (Wildman–Crippen MR) is 77.1 cm³/mol. The summed E-state index contributed by atoms with van der Waals surface area (Å²) < 4.78 is 0. The van der Waals surface area contributed by atoms with E-state index >= 15 is 0 Å². The molecule has 0 unspecified atom stereocenters. The smallest absolute Gasteiger partial charge is 0.0822 e. The molecule has 0 aliphatic carbocycles. The fourth-order valence-electron chi connectivity index (χ4n) is 1.57. The van der Waals surface area contributed by atoms with Crippen LogP contribution in [0.5, 0.6) is 0 Å². The summed E-state index contributed by atoms with van der Waals surface area (Å²) in [5.41, 5.74) is 3.97. The first kappa shape index (κ1) is 16.6. The van der Waals surface area contributed by atoms with Crippen LogP contribution in [0.25, 0.3) is 0 Å². The van der Waals surface area contributed by atoms with Crippen molar-refractivity contribution in [2.45, 2.75) is 46.5 Å². The molecule has 0 heterocycles. The van der Waals surface area contributed by atoms with E-state index in [-0.39, 0.29) is 6.61 Å². The van der Waals surface area contributed by atoms with E-state index in [2.05, 4.69) is 24.7 Å². The van der Waals surface area contributed by atoms with Gasteiger partial charge in [-0.05, 0) is 52.0 Å². The van der Waals surface area contributed by atoms with Crippen molar-refractivity contribution >= 4 is 5.71 Å². The van der Waals surface area contributed by atoms with E-state index in [1.807, 2.05) is 19.9 Å². The van der Waals surface area contributed by atoms with E-state index in [9.17, 15) is 0 Å². The molecule has 0 fully saturated rings. The monoisotopic (exact) mass is 251 g/mol. The van der Waals surface area contributed by atoms with Crippen LogP contribution in [0.3, 0.4) is 0 Å². The van der Waals surface area contributed by atoms with Gasteiger partial charge in [0.25, 0.3) is 0 Å². The highest BCUT2D eigenvalue weighted by atomic mass is 16.4. The second-order valence-electron chi connectivity index (χ2n) is 4.65. The van der Waals surface area contributed by atoms with Gasteiger partial charge in [0.05, 0.1) is 12.3 Å². The van der Waals surface area contributed by atoms with Gasteiger partial charge in [-0.1, -0.05) is 35.0 Å². The van der Waals surface area contributed by atoms with Gasteiger partial charge in [0.15, 0.2) is 0 Å². The molecule has 3 heteroatoms. The van der Waals surface area contributed by atoms with E-state index in [1.165, 1.54) is 11.1 Å². The number of nitrogens with zero attached hydrogens (tertiary/aromatic N) is 1. The zero-order valence-electron chi connectivity index (χ0n) is 11.7. The lowest BCUT2D eigenvalue weighted by Crippen LogP contribution is -1.99. The van der Waals surface area contributed by atoms with E-state index in [0.29, 0.717) is 5.71 Å². The Hall–Kier alpha value is -1.35. The molecule has 0 atom stereocenters. The van der Waals surface area contributed by atoms with Crippen LogP contribution < -0.4 is 0 Å². The van der Waals surface area contributed by atoms with Gasteiger partial charge in [-0.15, -0.1) is 0 Å². The lowest BCUT2D eigenvalue weighted by molar-refractivity contribution is 0.318. The number of allylic oxidation sites excluding steroid dienone is 4. The summed E-state index contributed by atoms with van der Waals surface area (Å²) in [7, 11) is 0. The van der Waals surface area contributed by atoms with E-state index < -0.39 is 0 Å². The average Bonchev–Trinajstić information content (AvgIpc) is 2.29. The van der Waals surface area contributed by atoms with Gasteiger partial charge in [-0.3, -0.25) is 0 Å². The van der Waals surface area contributed by atoms with Crippen LogP contribution in [-0.4, -0.2) is 22.6 Å². The third-order valence-corrected chi connectivity index (χ3v) is 2.84. The van der Waals surface area contributed by atoms with Crippen LogP contribution >= 0.6 is 0 Å². The average molecular weight is 251 g/mol. The van der Waals surface area contributed by atoms with Crippen LogP contribution in [0.15, 0.2) is 40.6 Å². The molecule has 0 saturated heterocycles. The summed E-state index contributed by atoms with van der Waals surface area (Å²) >= 11 is 0. The zero-order valence-corrected chi connectivity index (χ0v) is 11.7. The third kappa shape index (κ3) is 7.85. The second kappa shape index (κ2) is 9.66. The molecular formula is C15H25NO2. The lowest BCUT2D eigenvalue weighted by atomic mass is 10.0. The fraction of sp³-hybridized carbons (Fsp3) is 0.533. The Morgan fingerprint density at radius 3 is 2.17 bits per heavy atom. The summed E-state index contributed by atoms with van der Waals surface area (Å²) in [4.78, 5) is 0. The summed E-state index contributed by atoms with van der Waals surface area (Å²) in [5, 5.41) is 20.8. The van der Waals surface area contributed by atoms with Gasteiger partial charge < -0.3 is 10.3 Å². The first-order valence-corrected chi connectivity index (χ1v) is 6.30. The highest BCUT2D eigenvalue weighted by molar-refractivity contribution is 5.98. The van der Waals surface area contributed by atoms with Crippen LogP contribution in [0.1, 0.15) is 46.5 Å². The van der Waals surface area contributed by atoms with Crippen molar-refractivity contribution in [1.82, 2.24) is 0 Å². The standard InChI is InChI=1S/C15H25NO2/c1-12(2)15(16-18)9-8-13(3)6-5-7-14(4)10-11-17/h6,10,17-18H,1,5,7-9,11H2,2-4H3/b13-6+,14-10+,16-15?. The molecule has 0 spiro atoms. The predicted octanol–water partition coefficient (Wildman–Crippen LogP) is 3.84. The minimum absolute atomic E-state index is 0.115. The first-order valence-electron chi connectivity index (χ1n) is 6.30. The Bertz CT molecular complexity index is 352. The number of rotatable bonds is 8. The van der Waals surface area contributed by atoms with Crippen LogP contribution in [0.2, 0.25) is 0 Å². The molecule has 102 valence electrons. The van der Waals surface area contributed by atoms with Crippen molar-refractivity contribution in [1.29, 1.82) is 0 Å². The molecule has 0 aliphatic rings. The molecule has 18 heavy (non-hydrogen) atoms. The SMILES string of the molecule is C=C(C)C(CC/C(C)=C/CC/C(C)=C/CO)=NO. The van der Waals surface area contributed by atoms with Crippen LogP contribution in [0, 0.1) is 0 Å². The number of aliphatic hydroxyl groups excluding tert-OH is 1. The van der Waals surface area contributed by atoms with Crippen molar-refractivity contribution in [2.24, 2.45) is 5.16 Å². The first-order chi connectivity index (χ1) is 8.51. The summed E-state index contributed by atoms with van der Waals surface area (Å²) in [6.07, 6.45) is 7.59. The Morgan fingerprint density at radius 1 is 1.06 bits per heavy atom. The Balaban J connectivity index is 4.06. The highest BCUT2D eigenvalue weighted by Gasteiger charge is 2.01. The maximum Gasteiger partial charge on any atom is 0.0822 e. The maximum atomic E-state index is 8.79. The van der Waals surface area contributed by atoms with Crippen LogP contribution in [-0.2, 0) is 0 Å². The normalized spacial score (nSPS) is 13.9. The van der Waals surface area contributed by atoms with Crippen molar-refractivity contribution in [2.75, 3.05) is 6.61 Å². The summed E-state index contributed by atoms with van der Waals surface area (Å²) in [6.45, 7) is 9.83. The van der Waals surface area contributed by atoms with Gasteiger partial charge in [0.2, 0.25) is 0 Å². The van der Waals surface area contributed by atoms with Crippen LogP contribution in [0.4, 0.5) is 0 Å². The molecule has 0 aliphatic heterocycles.